The summed E-state index contributed by atoms with van der Waals surface area (Å²) < 4.78 is 37.6. The van der Waals surface area contributed by atoms with Gasteiger partial charge in [0.2, 0.25) is 0 Å². The van der Waals surface area contributed by atoms with Crippen molar-refractivity contribution in [1.29, 1.82) is 0 Å². The molecule has 24 heavy (non-hydrogen) atoms. The summed E-state index contributed by atoms with van der Waals surface area (Å²) >= 11 is 5.91. The number of carbonyl (C=O) groups excluding carboxylic acids is 1. The monoisotopic (exact) mass is 369 g/mol. The normalized spacial score (nSPS) is 11.0. The molecule has 0 fully saturated rings. The molecule has 0 unspecified atom stereocenters. The zero-order valence-corrected chi connectivity index (χ0v) is 14.6. The van der Waals surface area contributed by atoms with Gasteiger partial charge in [0.15, 0.2) is 0 Å². The number of anilines is 1. The summed E-state index contributed by atoms with van der Waals surface area (Å²) in [6.07, 6.45) is 0. The van der Waals surface area contributed by atoms with Gasteiger partial charge >= 0.3 is 5.97 Å². The Morgan fingerprint density at radius 2 is 1.92 bits per heavy atom. The molecular weight excluding hydrogens is 354 g/mol. The molecule has 2 aromatic carbocycles. The number of rotatable bonds is 6. The lowest BCUT2D eigenvalue weighted by atomic mass is 10.2. The number of sulfonamides is 1. The van der Waals surface area contributed by atoms with E-state index in [2.05, 4.69) is 9.46 Å². The standard InChI is InChI=1S/C16H16ClNO5S/c1-3-23-15-7-5-4-6-14(15)18-24(20,21)11-8-9-13(17)12(10-11)16(19)22-2/h4-10,18H,3H2,1-2H3. The summed E-state index contributed by atoms with van der Waals surface area (Å²) in [4.78, 5) is 11.6. The van der Waals surface area contributed by atoms with Crippen LogP contribution >= 0.6 is 11.6 Å². The van der Waals surface area contributed by atoms with Crippen molar-refractivity contribution in [2.45, 2.75) is 11.8 Å². The number of halogens is 1. The molecule has 0 heterocycles. The van der Waals surface area contributed by atoms with Crippen LogP contribution in [0.4, 0.5) is 5.69 Å². The van der Waals surface area contributed by atoms with Crippen LogP contribution < -0.4 is 9.46 Å². The number of para-hydroxylation sites is 2. The highest BCUT2D eigenvalue weighted by Crippen LogP contribution is 2.28. The number of ether oxygens (including phenoxy) is 2. The Kier molecular flexibility index (Phi) is 5.69. The summed E-state index contributed by atoms with van der Waals surface area (Å²) in [5, 5.41) is 0.107. The van der Waals surface area contributed by atoms with E-state index in [1.54, 1.807) is 31.2 Å². The van der Waals surface area contributed by atoms with E-state index in [-0.39, 0.29) is 15.5 Å². The second kappa shape index (κ2) is 7.55. The highest BCUT2D eigenvalue weighted by atomic mass is 35.5. The summed E-state index contributed by atoms with van der Waals surface area (Å²) in [7, 11) is -2.74. The average Bonchev–Trinajstić information content (AvgIpc) is 2.56. The van der Waals surface area contributed by atoms with Crippen LogP contribution in [0.15, 0.2) is 47.4 Å². The topological polar surface area (TPSA) is 81.7 Å². The lowest BCUT2D eigenvalue weighted by Crippen LogP contribution is -2.15. The molecule has 0 aliphatic carbocycles. The first kappa shape index (κ1) is 18.1. The molecule has 0 aliphatic rings. The molecule has 1 N–H and O–H groups in total. The Hall–Kier alpha value is -2.25. The van der Waals surface area contributed by atoms with Crippen LogP contribution in [0.3, 0.4) is 0 Å². The highest BCUT2D eigenvalue weighted by molar-refractivity contribution is 7.92. The lowest BCUT2D eigenvalue weighted by Gasteiger charge is -2.13. The second-order valence-electron chi connectivity index (χ2n) is 4.67. The minimum atomic E-state index is -3.93. The Labute approximate surface area is 145 Å². The predicted octanol–water partition coefficient (Wildman–Crippen LogP) is 3.33. The van der Waals surface area contributed by atoms with E-state index in [1.165, 1.54) is 25.3 Å². The Morgan fingerprint density at radius 1 is 1.21 bits per heavy atom. The molecule has 8 heteroatoms. The molecule has 0 atom stereocenters. The van der Waals surface area contributed by atoms with Crippen molar-refractivity contribution < 1.29 is 22.7 Å². The number of nitrogens with one attached hydrogen (secondary N) is 1. The van der Waals surface area contributed by atoms with Gasteiger partial charge < -0.3 is 9.47 Å². The molecule has 0 aromatic heterocycles. The maximum atomic E-state index is 12.6. The maximum absolute atomic E-state index is 12.6. The minimum absolute atomic E-state index is 0.0277. The van der Waals surface area contributed by atoms with Crippen molar-refractivity contribution in [3.63, 3.8) is 0 Å². The van der Waals surface area contributed by atoms with Gasteiger partial charge in [-0.2, -0.15) is 0 Å². The van der Waals surface area contributed by atoms with E-state index in [0.29, 0.717) is 18.0 Å². The Bertz CT molecular complexity index is 851. The third kappa shape index (κ3) is 3.98. The second-order valence-corrected chi connectivity index (χ2v) is 6.76. The number of hydrogen-bond acceptors (Lipinski definition) is 5. The van der Waals surface area contributed by atoms with Crippen molar-refractivity contribution in [1.82, 2.24) is 0 Å². The number of methoxy groups -OCH3 is 1. The Morgan fingerprint density at radius 3 is 2.58 bits per heavy atom. The molecule has 6 nitrogen and oxygen atoms in total. The van der Waals surface area contributed by atoms with Crippen LogP contribution in [-0.2, 0) is 14.8 Å². The van der Waals surface area contributed by atoms with Crippen molar-refractivity contribution in [2.75, 3.05) is 18.4 Å². The number of hydrogen-bond donors (Lipinski definition) is 1. The molecule has 0 radical (unpaired) electrons. The van der Waals surface area contributed by atoms with Gasteiger partial charge in [-0.1, -0.05) is 23.7 Å². The van der Waals surface area contributed by atoms with E-state index in [9.17, 15) is 13.2 Å². The van der Waals surface area contributed by atoms with Crippen LogP contribution in [0.25, 0.3) is 0 Å². The lowest BCUT2D eigenvalue weighted by molar-refractivity contribution is 0.0600. The van der Waals surface area contributed by atoms with Crippen molar-refractivity contribution in [3.05, 3.63) is 53.1 Å². The highest BCUT2D eigenvalue weighted by Gasteiger charge is 2.20. The molecule has 128 valence electrons. The van der Waals surface area contributed by atoms with Crippen molar-refractivity contribution in [2.24, 2.45) is 0 Å². The van der Waals surface area contributed by atoms with Gasteiger partial charge in [0.05, 0.1) is 34.9 Å². The van der Waals surface area contributed by atoms with Gasteiger partial charge in [-0.05, 0) is 37.3 Å². The first-order valence-corrected chi connectivity index (χ1v) is 8.87. The zero-order valence-electron chi connectivity index (χ0n) is 13.1. The van der Waals surface area contributed by atoms with Gasteiger partial charge in [-0.25, -0.2) is 13.2 Å². The van der Waals surface area contributed by atoms with Crippen LogP contribution in [0, 0.1) is 0 Å². The fourth-order valence-electron chi connectivity index (χ4n) is 1.97. The molecular formula is C16H16ClNO5S. The summed E-state index contributed by atoms with van der Waals surface area (Å²) in [6, 6.07) is 10.5. The van der Waals surface area contributed by atoms with Gasteiger partial charge in [0.25, 0.3) is 10.0 Å². The van der Waals surface area contributed by atoms with Crippen LogP contribution in [0.5, 0.6) is 5.75 Å². The molecule has 0 saturated carbocycles. The van der Waals surface area contributed by atoms with Crippen molar-refractivity contribution in [3.8, 4) is 5.75 Å². The van der Waals surface area contributed by atoms with Gasteiger partial charge in [0, 0.05) is 0 Å². The van der Waals surface area contributed by atoms with E-state index >= 15 is 0 Å². The fourth-order valence-corrected chi connectivity index (χ4v) is 3.26. The fraction of sp³-hybridized carbons (Fsp3) is 0.188. The third-order valence-corrected chi connectivity index (χ3v) is 4.78. The van der Waals surface area contributed by atoms with Crippen LogP contribution in [-0.4, -0.2) is 28.1 Å². The smallest absolute Gasteiger partial charge is 0.339 e. The summed E-state index contributed by atoms with van der Waals surface area (Å²) in [5.41, 5.74) is 0.272. The van der Waals surface area contributed by atoms with Crippen LogP contribution in [0.1, 0.15) is 17.3 Å². The molecule has 0 spiro atoms. The molecule has 0 aliphatic heterocycles. The first-order chi connectivity index (χ1) is 11.4. The first-order valence-electron chi connectivity index (χ1n) is 7.01. The molecule has 0 amide bonds. The molecule has 0 bridgehead atoms. The predicted molar refractivity (Wildman–Crippen MR) is 91.2 cm³/mol. The van der Waals surface area contributed by atoms with Crippen LogP contribution in [0.2, 0.25) is 5.02 Å². The van der Waals surface area contributed by atoms with Gasteiger partial charge in [0.1, 0.15) is 5.75 Å². The number of esters is 1. The number of benzene rings is 2. The molecule has 2 aromatic rings. The maximum Gasteiger partial charge on any atom is 0.339 e. The number of carbonyl (C=O) groups is 1. The minimum Gasteiger partial charge on any atom is -0.492 e. The zero-order chi connectivity index (χ0) is 17.7. The molecule has 0 saturated heterocycles. The van der Waals surface area contributed by atoms with E-state index in [1.807, 2.05) is 0 Å². The quantitative estimate of drug-likeness (QED) is 0.790. The summed E-state index contributed by atoms with van der Waals surface area (Å²) in [5.74, 6) is -0.308. The van der Waals surface area contributed by atoms with E-state index in [0.717, 1.165) is 0 Å². The summed E-state index contributed by atoms with van der Waals surface area (Å²) in [6.45, 7) is 2.19. The average molecular weight is 370 g/mol. The third-order valence-electron chi connectivity index (χ3n) is 3.08. The van der Waals surface area contributed by atoms with Gasteiger partial charge in [-0.15, -0.1) is 0 Å². The largest absolute Gasteiger partial charge is 0.492 e. The van der Waals surface area contributed by atoms with E-state index in [4.69, 9.17) is 16.3 Å². The van der Waals surface area contributed by atoms with Gasteiger partial charge in [-0.3, -0.25) is 4.72 Å². The van der Waals surface area contributed by atoms with E-state index < -0.39 is 16.0 Å². The van der Waals surface area contributed by atoms with Crippen molar-refractivity contribution >= 4 is 33.3 Å². The Balaban J connectivity index is 2.40. The molecule has 2 rings (SSSR count). The SMILES string of the molecule is CCOc1ccccc1NS(=O)(=O)c1ccc(Cl)c(C(=O)OC)c1.